The van der Waals surface area contributed by atoms with Gasteiger partial charge in [0.05, 0.1) is 6.54 Å². The molecule has 4 nitrogen and oxygen atoms in total. The third kappa shape index (κ3) is 1.09. The number of nitrogens with two attached hydrogens (primary N) is 1. The van der Waals surface area contributed by atoms with Crippen LogP contribution in [0.1, 0.15) is 5.82 Å². The molecule has 0 unspecified atom stereocenters. The Morgan fingerprint density at radius 3 is 3.18 bits per heavy atom. The minimum absolute atomic E-state index is 0.635. The molecule has 0 aliphatic carbocycles. The van der Waals surface area contributed by atoms with Crippen molar-refractivity contribution < 1.29 is 0 Å². The van der Waals surface area contributed by atoms with Gasteiger partial charge in [0.1, 0.15) is 11.6 Å². The fraction of sp³-hybridized carbons (Fsp3) is 0.571. The fourth-order valence-electron chi connectivity index (χ4n) is 1.39. The second-order valence-corrected chi connectivity index (χ2v) is 3.01. The lowest BCUT2D eigenvalue weighted by atomic mass is 10.4. The summed E-state index contributed by atoms with van der Waals surface area (Å²) in [4.78, 5) is 6.44. The van der Waals surface area contributed by atoms with Gasteiger partial charge < -0.3 is 10.3 Å². The van der Waals surface area contributed by atoms with E-state index in [4.69, 9.17) is 5.73 Å². The molecule has 11 heavy (non-hydrogen) atoms. The maximum atomic E-state index is 5.55. The highest BCUT2D eigenvalue weighted by Gasteiger charge is 2.13. The van der Waals surface area contributed by atoms with Crippen molar-refractivity contribution in [3.63, 3.8) is 0 Å². The van der Waals surface area contributed by atoms with Gasteiger partial charge in [-0.25, -0.2) is 4.98 Å². The highest BCUT2D eigenvalue weighted by molar-refractivity contribution is 5.26. The van der Waals surface area contributed by atoms with E-state index < -0.39 is 0 Å². The van der Waals surface area contributed by atoms with E-state index in [0.717, 1.165) is 25.5 Å². The first kappa shape index (κ1) is 6.67. The average molecular weight is 152 g/mol. The molecule has 0 spiro atoms. The Kier molecular flexibility index (Phi) is 1.35. The molecule has 2 heterocycles. The second kappa shape index (κ2) is 2.23. The van der Waals surface area contributed by atoms with Gasteiger partial charge in [-0.2, -0.15) is 0 Å². The lowest BCUT2D eigenvalue weighted by Gasteiger charge is -2.22. The van der Waals surface area contributed by atoms with E-state index in [0.29, 0.717) is 5.82 Å². The van der Waals surface area contributed by atoms with Crippen LogP contribution in [-0.2, 0) is 13.1 Å². The molecule has 0 fully saturated rings. The van der Waals surface area contributed by atoms with Gasteiger partial charge in [-0.3, -0.25) is 4.90 Å². The molecular formula is C7H12N4. The maximum Gasteiger partial charge on any atom is 0.141 e. The van der Waals surface area contributed by atoms with Gasteiger partial charge in [0.2, 0.25) is 0 Å². The number of likely N-dealkylation sites (N-methyl/N-ethyl adjacent to an activating group) is 1. The topological polar surface area (TPSA) is 47.1 Å². The van der Waals surface area contributed by atoms with Crippen molar-refractivity contribution in [2.24, 2.45) is 0 Å². The molecule has 1 aromatic heterocycles. The first-order chi connectivity index (χ1) is 5.25. The largest absolute Gasteiger partial charge is 0.382 e. The summed E-state index contributed by atoms with van der Waals surface area (Å²) in [5.41, 5.74) is 5.55. The molecule has 1 aliphatic heterocycles. The summed E-state index contributed by atoms with van der Waals surface area (Å²) < 4.78 is 2.12. The van der Waals surface area contributed by atoms with Gasteiger partial charge >= 0.3 is 0 Å². The average Bonchev–Trinajstić information content (AvgIpc) is 2.27. The Morgan fingerprint density at radius 1 is 1.55 bits per heavy atom. The first-order valence-corrected chi connectivity index (χ1v) is 3.76. The van der Waals surface area contributed by atoms with Gasteiger partial charge in [0, 0.05) is 19.3 Å². The lowest BCUT2D eigenvalue weighted by Crippen LogP contribution is -2.30. The SMILES string of the molecule is CN1CCn2cc(N)nc2C1. The maximum absolute atomic E-state index is 5.55. The van der Waals surface area contributed by atoms with Crippen molar-refractivity contribution in [1.29, 1.82) is 0 Å². The summed E-state index contributed by atoms with van der Waals surface area (Å²) in [6.45, 7) is 3.01. The molecule has 0 bridgehead atoms. The van der Waals surface area contributed by atoms with Crippen LogP contribution in [0.2, 0.25) is 0 Å². The van der Waals surface area contributed by atoms with E-state index in [2.05, 4.69) is 21.5 Å². The van der Waals surface area contributed by atoms with Crippen LogP contribution in [0.5, 0.6) is 0 Å². The normalized spacial score (nSPS) is 18.3. The van der Waals surface area contributed by atoms with Crippen LogP contribution in [0.4, 0.5) is 5.82 Å². The zero-order valence-electron chi connectivity index (χ0n) is 6.62. The number of imidazole rings is 1. The molecule has 0 radical (unpaired) electrons. The van der Waals surface area contributed by atoms with Crippen molar-refractivity contribution in [3.8, 4) is 0 Å². The molecule has 0 saturated heterocycles. The standard InChI is InChI=1S/C7H12N4/c1-10-2-3-11-4-6(8)9-7(11)5-10/h4H,2-3,5,8H2,1H3. The van der Waals surface area contributed by atoms with E-state index in [-0.39, 0.29) is 0 Å². The quantitative estimate of drug-likeness (QED) is 0.565. The molecule has 0 saturated carbocycles. The number of nitrogen functional groups attached to an aromatic ring is 1. The monoisotopic (exact) mass is 152 g/mol. The number of rotatable bonds is 0. The predicted molar refractivity (Wildman–Crippen MR) is 43.0 cm³/mol. The van der Waals surface area contributed by atoms with E-state index >= 15 is 0 Å². The van der Waals surface area contributed by atoms with Crippen LogP contribution in [-0.4, -0.2) is 28.0 Å². The Morgan fingerprint density at radius 2 is 2.36 bits per heavy atom. The molecule has 0 atom stereocenters. The summed E-state index contributed by atoms with van der Waals surface area (Å²) in [7, 11) is 2.09. The fourth-order valence-corrected chi connectivity index (χ4v) is 1.39. The summed E-state index contributed by atoms with van der Waals surface area (Å²) in [5.74, 6) is 1.71. The molecule has 1 aliphatic rings. The summed E-state index contributed by atoms with van der Waals surface area (Å²) in [6.07, 6.45) is 1.91. The molecule has 1 aromatic rings. The van der Waals surface area contributed by atoms with Gasteiger partial charge in [-0.05, 0) is 7.05 Å². The van der Waals surface area contributed by atoms with Crippen LogP contribution in [0, 0.1) is 0 Å². The van der Waals surface area contributed by atoms with Crippen LogP contribution >= 0.6 is 0 Å². The molecule has 60 valence electrons. The third-order valence-electron chi connectivity index (χ3n) is 2.01. The Balaban J connectivity index is 2.34. The predicted octanol–water partition coefficient (Wildman–Crippen LogP) is -0.0893. The molecule has 2 N–H and O–H groups in total. The Bertz CT molecular complexity index is 265. The minimum atomic E-state index is 0.635. The Hall–Kier alpha value is -1.03. The highest BCUT2D eigenvalue weighted by atomic mass is 15.2. The summed E-state index contributed by atoms with van der Waals surface area (Å²) in [6, 6.07) is 0. The van der Waals surface area contributed by atoms with Crippen molar-refractivity contribution in [3.05, 3.63) is 12.0 Å². The van der Waals surface area contributed by atoms with E-state index in [1.54, 1.807) is 0 Å². The van der Waals surface area contributed by atoms with Gasteiger partial charge in [0.25, 0.3) is 0 Å². The zero-order valence-corrected chi connectivity index (χ0v) is 6.62. The van der Waals surface area contributed by atoms with E-state index in [9.17, 15) is 0 Å². The van der Waals surface area contributed by atoms with Crippen LogP contribution < -0.4 is 5.73 Å². The van der Waals surface area contributed by atoms with Crippen LogP contribution in [0.25, 0.3) is 0 Å². The summed E-state index contributed by atoms with van der Waals surface area (Å²) in [5, 5.41) is 0. The molecule has 4 heteroatoms. The van der Waals surface area contributed by atoms with Crippen LogP contribution in [0.15, 0.2) is 6.20 Å². The number of anilines is 1. The van der Waals surface area contributed by atoms with Gasteiger partial charge in [-0.1, -0.05) is 0 Å². The lowest BCUT2D eigenvalue weighted by molar-refractivity contribution is 0.264. The van der Waals surface area contributed by atoms with E-state index in [1.165, 1.54) is 0 Å². The first-order valence-electron chi connectivity index (χ1n) is 3.76. The highest BCUT2D eigenvalue weighted by Crippen LogP contribution is 2.11. The van der Waals surface area contributed by atoms with Crippen molar-refractivity contribution in [2.45, 2.75) is 13.1 Å². The van der Waals surface area contributed by atoms with Gasteiger partial charge in [-0.15, -0.1) is 0 Å². The number of fused-ring (bicyclic) bond motifs is 1. The molecular weight excluding hydrogens is 140 g/mol. The number of hydrogen-bond donors (Lipinski definition) is 1. The number of nitrogens with zero attached hydrogens (tertiary/aromatic N) is 3. The number of hydrogen-bond acceptors (Lipinski definition) is 3. The third-order valence-corrected chi connectivity index (χ3v) is 2.01. The number of aromatic nitrogens is 2. The Labute approximate surface area is 65.6 Å². The molecule has 2 rings (SSSR count). The summed E-state index contributed by atoms with van der Waals surface area (Å²) >= 11 is 0. The van der Waals surface area contributed by atoms with Crippen molar-refractivity contribution in [2.75, 3.05) is 19.3 Å². The minimum Gasteiger partial charge on any atom is -0.382 e. The second-order valence-electron chi connectivity index (χ2n) is 3.01. The van der Waals surface area contributed by atoms with Crippen molar-refractivity contribution in [1.82, 2.24) is 14.5 Å². The van der Waals surface area contributed by atoms with Crippen LogP contribution in [0.3, 0.4) is 0 Å². The van der Waals surface area contributed by atoms with E-state index in [1.807, 2.05) is 6.20 Å². The molecule has 0 aromatic carbocycles. The zero-order chi connectivity index (χ0) is 7.84. The van der Waals surface area contributed by atoms with Gasteiger partial charge in [0.15, 0.2) is 0 Å². The smallest absolute Gasteiger partial charge is 0.141 e. The molecule has 0 amide bonds. The van der Waals surface area contributed by atoms with Crippen molar-refractivity contribution >= 4 is 5.82 Å².